The predicted molar refractivity (Wildman–Crippen MR) is 71.6 cm³/mol. The summed E-state index contributed by atoms with van der Waals surface area (Å²) in [5.74, 6) is 3.92. The summed E-state index contributed by atoms with van der Waals surface area (Å²) in [6.07, 6.45) is 4.90. The fourth-order valence-electron chi connectivity index (χ4n) is 2.69. The molecular formula is C14H20N4O. The number of fused-ring (bicyclic) bond motifs is 1. The van der Waals surface area contributed by atoms with Crippen LogP contribution in [-0.2, 0) is 25.9 Å². The first-order chi connectivity index (χ1) is 9.36. The van der Waals surface area contributed by atoms with Gasteiger partial charge in [0.2, 0.25) is 0 Å². The molecule has 0 aliphatic carbocycles. The van der Waals surface area contributed by atoms with Crippen LogP contribution in [0.5, 0.6) is 0 Å². The SMILES string of the molecule is CCc1nnc2n1C[C@H](CNCc1ccco1)CC2. The van der Waals surface area contributed by atoms with Crippen molar-refractivity contribution in [1.29, 1.82) is 0 Å². The number of aromatic nitrogens is 3. The lowest BCUT2D eigenvalue weighted by molar-refractivity contribution is 0.337. The lowest BCUT2D eigenvalue weighted by atomic mass is 9.99. The molecule has 5 heteroatoms. The minimum Gasteiger partial charge on any atom is -0.468 e. The number of aryl methyl sites for hydroxylation is 2. The summed E-state index contributed by atoms with van der Waals surface area (Å²) >= 11 is 0. The highest BCUT2D eigenvalue weighted by molar-refractivity contribution is 5.00. The minimum absolute atomic E-state index is 0.656. The monoisotopic (exact) mass is 260 g/mol. The lowest BCUT2D eigenvalue weighted by Crippen LogP contribution is -2.30. The molecule has 0 fully saturated rings. The summed E-state index contributed by atoms with van der Waals surface area (Å²) < 4.78 is 7.61. The Morgan fingerprint density at radius 1 is 1.47 bits per heavy atom. The Hall–Kier alpha value is -1.62. The van der Waals surface area contributed by atoms with E-state index in [0.29, 0.717) is 5.92 Å². The molecule has 102 valence electrons. The van der Waals surface area contributed by atoms with Crippen LogP contribution < -0.4 is 5.32 Å². The Balaban J connectivity index is 1.53. The van der Waals surface area contributed by atoms with Gasteiger partial charge in [-0.05, 0) is 24.5 Å². The topological polar surface area (TPSA) is 55.9 Å². The Labute approximate surface area is 113 Å². The molecule has 0 saturated carbocycles. The standard InChI is InChI=1S/C14H20N4O/c1-2-13-16-17-14-6-5-11(10-18(13)14)8-15-9-12-4-3-7-19-12/h3-4,7,11,15H,2,5-6,8-10H2,1H3/t11-/m0/s1. The van der Waals surface area contributed by atoms with E-state index >= 15 is 0 Å². The Bertz CT molecular complexity index is 504. The molecule has 0 saturated heterocycles. The summed E-state index contributed by atoms with van der Waals surface area (Å²) in [7, 11) is 0. The first-order valence-corrected chi connectivity index (χ1v) is 7.01. The van der Waals surface area contributed by atoms with Crippen LogP contribution >= 0.6 is 0 Å². The van der Waals surface area contributed by atoms with Crippen molar-refractivity contribution in [3.05, 3.63) is 35.8 Å². The molecule has 1 atom stereocenters. The molecule has 2 aromatic rings. The van der Waals surface area contributed by atoms with Gasteiger partial charge >= 0.3 is 0 Å². The van der Waals surface area contributed by atoms with E-state index in [0.717, 1.165) is 49.9 Å². The molecule has 19 heavy (non-hydrogen) atoms. The predicted octanol–water partition coefficient (Wildman–Crippen LogP) is 1.79. The van der Waals surface area contributed by atoms with Gasteiger partial charge in [0.1, 0.15) is 17.4 Å². The molecular weight excluding hydrogens is 240 g/mol. The molecule has 5 nitrogen and oxygen atoms in total. The van der Waals surface area contributed by atoms with E-state index in [1.807, 2.05) is 12.1 Å². The second-order valence-electron chi connectivity index (χ2n) is 5.11. The second-order valence-corrected chi connectivity index (χ2v) is 5.11. The van der Waals surface area contributed by atoms with Crippen molar-refractivity contribution in [2.24, 2.45) is 5.92 Å². The summed E-state index contributed by atoms with van der Waals surface area (Å²) in [5, 5.41) is 12.0. The third-order valence-electron chi connectivity index (χ3n) is 3.75. The van der Waals surface area contributed by atoms with Gasteiger partial charge < -0.3 is 14.3 Å². The summed E-state index contributed by atoms with van der Waals surface area (Å²) in [4.78, 5) is 0. The average Bonchev–Trinajstić information content (AvgIpc) is 3.07. The highest BCUT2D eigenvalue weighted by Crippen LogP contribution is 2.19. The maximum atomic E-state index is 5.32. The number of furan rings is 1. The smallest absolute Gasteiger partial charge is 0.133 e. The first-order valence-electron chi connectivity index (χ1n) is 7.01. The highest BCUT2D eigenvalue weighted by Gasteiger charge is 2.21. The Morgan fingerprint density at radius 3 is 3.21 bits per heavy atom. The normalized spacial score (nSPS) is 18.5. The zero-order valence-corrected chi connectivity index (χ0v) is 11.3. The van der Waals surface area contributed by atoms with Gasteiger partial charge in [0.05, 0.1) is 12.8 Å². The number of rotatable bonds is 5. The van der Waals surface area contributed by atoms with Gasteiger partial charge in [-0.3, -0.25) is 0 Å². The molecule has 0 amide bonds. The van der Waals surface area contributed by atoms with Crippen LogP contribution in [0.15, 0.2) is 22.8 Å². The van der Waals surface area contributed by atoms with Crippen LogP contribution in [0.1, 0.15) is 30.8 Å². The fourth-order valence-corrected chi connectivity index (χ4v) is 2.69. The maximum absolute atomic E-state index is 5.32. The van der Waals surface area contributed by atoms with Crippen molar-refractivity contribution in [2.45, 2.75) is 39.3 Å². The van der Waals surface area contributed by atoms with Gasteiger partial charge in [-0.1, -0.05) is 6.92 Å². The Kier molecular flexibility index (Phi) is 3.64. The largest absolute Gasteiger partial charge is 0.468 e. The minimum atomic E-state index is 0.656. The third kappa shape index (κ3) is 2.71. The quantitative estimate of drug-likeness (QED) is 0.890. The van der Waals surface area contributed by atoms with Crippen LogP contribution in [0.25, 0.3) is 0 Å². The molecule has 0 unspecified atom stereocenters. The van der Waals surface area contributed by atoms with E-state index in [1.165, 1.54) is 6.42 Å². The van der Waals surface area contributed by atoms with Gasteiger partial charge in [-0.2, -0.15) is 0 Å². The van der Waals surface area contributed by atoms with Crippen LogP contribution in [0, 0.1) is 5.92 Å². The molecule has 1 aliphatic heterocycles. The van der Waals surface area contributed by atoms with Crippen molar-refractivity contribution in [1.82, 2.24) is 20.1 Å². The number of hydrogen-bond acceptors (Lipinski definition) is 4. The average molecular weight is 260 g/mol. The number of nitrogens with zero attached hydrogens (tertiary/aromatic N) is 3. The van der Waals surface area contributed by atoms with Crippen LogP contribution in [0.2, 0.25) is 0 Å². The molecule has 0 spiro atoms. The highest BCUT2D eigenvalue weighted by atomic mass is 16.3. The van der Waals surface area contributed by atoms with E-state index in [1.54, 1.807) is 6.26 Å². The van der Waals surface area contributed by atoms with Gasteiger partial charge in [-0.25, -0.2) is 0 Å². The van der Waals surface area contributed by atoms with Crippen molar-refractivity contribution >= 4 is 0 Å². The van der Waals surface area contributed by atoms with Gasteiger partial charge in [0.25, 0.3) is 0 Å². The van der Waals surface area contributed by atoms with Gasteiger partial charge in [0, 0.05) is 25.9 Å². The van der Waals surface area contributed by atoms with Crippen molar-refractivity contribution in [3.8, 4) is 0 Å². The molecule has 1 N–H and O–H groups in total. The van der Waals surface area contributed by atoms with Gasteiger partial charge in [-0.15, -0.1) is 10.2 Å². The van der Waals surface area contributed by atoms with E-state index in [-0.39, 0.29) is 0 Å². The fraction of sp³-hybridized carbons (Fsp3) is 0.571. The van der Waals surface area contributed by atoms with Crippen LogP contribution in [-0.4, -0.2) is 21.3 Å². The van der Waals surface area contributed by atoms with Crippen molar-refractivity contribution < 1.29 is 4.42 Å². The van der Waals surface area contributed by atoms with Gasteiger partial charge in [0.15, 0.2) is 0 Å². The van der Waals surface area contributed by atoms with E-state index in [9.17, 15) is 0 Å². The Morgan fingerprint density at radius 2 is 2.42 bits per heavy atom. The van der Waals surface area contributed by atoms with Crippen LogP contribution in [0.4, 0.5) is 0 Å². The van der Waals surface area contributed by atoms with Crippen molar-refractivity contribution in [3.63, 3.8) is 0 Å². The zero-order valence-electron chi connectivity index (χ0n) is 11.3. The zero-order chi connectivity index (χ0) is 13.1. The molecule has 3 heterocycles. The molecule has 0 bridgehead atoms. The first kappa shape index (κ1) is 12.4. The summed E-state index contributed by atoms with van der Waals surface area (Å²) in [5.41, 5.74) is 0. The van der Waals surface area contributed by atoms with Crippen LogP contribution in [0.3, 0.4) is 0 Å². The van der Waals surface area contributed by atoms with E-state index in [4.69, 9.17) is 4.42 Å². The molecule has 2 aromatic heterocycles. The maximum Gasteiger partial charge on any atom is 0.133 e. The van der Waals surface area contributed by atoms with E-state index < -0.39 is 0 Å². The van der Waals surface area contributed by atoms with Crippen molar-refractivity contribution in [2.75, 3.05) is 6.54 Å². The molecule has 0 radical (unpaired) electrons. The molecule has 0 aromatic carbocycles. The second kappa shape index (κ2) is 5.57. The van der Waals surface area contributed by atoms with E-state index in [2.05, 4.69) is 27.0 Å². The molecule has 3 rings (SSSR count). The summed E-state index contributed by atoms with van der Waals surface area (Å²) in [6, 6.07) is 3.93. The summed E-state index contributed by atoms with van der Waals surface area (Å²) in [6.45, 7) is 4.99. The number of nitrogens with one attached hydrogen (secondary N) is 1. The number of hydrogen-bond donors (Lipinski definition) is 1. The molecule has 1 aliphatic rings. The third-order valence-corrected chi connectivity index (χ3v) is 3.75. The lowest BCUT2D eigenvalue weighted by Gasteiger charge is -2.24.